The Hall–Kier alpha value is -1.65. The molecule has 1 aromatic heterocycles. The molecule has 0 aromatic carbocycles. The molecule has 1 atom stereocenters. The Morgan fingerprint density at radius 1 is 1.18 bits per heavy atom. The Balaban J connectivity index is 1.50. The molecule has 3 rings (SSSR count). The van der Waals surface area contributed by atoms with Crippen molar-refractivity contribution in [3.05, 3.63) is 18.6 Å². The summed E-state index contributed by atoms with van der Waals surface area (Å²) in [6, 6.07) is 0. The van der Waals surface area contributed by atoms with E-state index in [1.165, 1.54) is 32.1 Å². The first-order chi connectivity index (χ1) is 10.8. The van der Waals surface area contributed by atoms with Crippen LogP contribution in [-0.4, -0.2) is 40.0 Å². The molecule has 1 amide bonds. The normalized spacial score (nSPS) is 23.3. The van der Waals surface area contributed by atoms with Gasteiger partial charge in [0, 0.05) is 25.4 Å². The van der Waals surface area contributed by atoms with Crippen molar-refractivity contribution in [2.24, 2.45) is 5.92 Å². The largest absolute Gasteiger partial charge is 0.471 e. The maximum Gasteiger partial charge on any atom is 0.232 e. The predicted molar refractivity (Wildman–Crippen MR) is 83.5 cm³/mol. The summed E-state index contributed by atoms with van der Waals surface area (Å²) in [5.74, 6) is 1.45. The van der Waals surface area contributed by atoms with Crippen LogP contribution in [0.5, 0.6) is 5.88 Å². The van der Waals surface area contributed by atoms with E-state index < -0.39 is 0 Å². The zero-order chi connectivity index (χ0) is 15.2. The number of hydrogen-bond acceptors (Lipinski definition) is 4. The minimum atomic E-state index is 0.0424. The Morgan fingerprint density at radius 3 is 2.82 bits per heavy atom. The number of nitrogens with zero attached hydrogens (tertiary/aromatic N) is 3. The Labute approximate surface area is 132 Å². The van der Waals surface area contributed by atoms with Crippen molar-refractivity contribution >= 4 is 5.91 Å². The van der Waals surface area contributed by atoms with Crippen molar-refractivity contribution < 1.29 is 9.53 Å². The van der Waals surface area contributed by atoms with Gasteiger partial charge in [0.25, 0.3) is 0 Å². The van der Waals surface area contributed by atoms with Crippen molar-refractivity contribution in [2.45, 2.75) is 57.5 Å². The predicted octanol–water partition coefficient (Wildman–Crippen LogP) is 2.82. The van der Waals surface area contributed by atoms with Crippen LogP contribution in [0.4, 0.5) is 0 Å². The van der Waals surface area contributed by atoms with Crippen LogP contribution < -0.4 is 4.74 Å². The smallest absolute Gasteiger partial charge is 0.232 e. The highest BCUT2D eigenvalue weighted by molar-refractivity contribution is 5.76. The van der Waals surface area contributed by atoms with Crippen molar-refractivity contribution in [1.82, 2.24) is 14.9 Å². The molecule has 2 aliphatic rings. The standard InChI is InChI=1S/C17H25N3O2/c21-17(11-14-5-2-1-3-6-14)20-10-4-7-15(13-20)22-16-12-18-8-9-19-16/h8-9,12,14-15H,1-7,10-11,13H2. The maximum absolute atomic E-state index is 12.5. The average Bonchev–Trinajstić information content (AvgIpc) is 2.57. The highest BCUT2D eigenvalue weighted by Crippen LogP contribution is 2.27. The molecule has 1 saturated heterocycles. The average molecular weight is 303 g/mol. The van der Waals surface area contributed by atoms with E-state index in [1.807, 2.05) is 4.90 Å². The van der Waals surface area contributed by atoms with E-state index in [4.69, 9.17) is 4.74 Å². The van der Waals surface area contributed by atoms with E-state index in [2.05, 4.69) is 9.97 Å². The molecule has 0 radical (unpaired) electrons. The summed E-state index contributed by atoms with van der Waals surface area (Å²) in [5, 5.41) is 0. The number of carbonyl (C=O) groups excluding carboxylic acids is 1. The van der Waals surface area contributed by atoms with Crippen LogP contribution in [-0.2, 0) is 4.79 Å². The molecule has 1 aliphatic heterocycles. The van der Waals surface area contributed by atoms with Crippen LogP contribution in [0.2, 0.25) is 0 Å². The number of rotatable bonds is 4. The summed E-state index contributed by atoms with van der Waals surface area (Å²) in [7, 11) is 0. The van der Waals surface area contributed by atoms with Crippen molar-refractivity contribution in [2.75, 3.05) is 13.1 Å². The molecule has 2 fully saturated rings. The third-order valence-corrected chi connectivity index (χ3v) is 4.75. The van der Waals surface area contributed by atoms with Gasteiger partial charge in [-0.1, -0.05) is 19.3 Å². The minimum Gasteiger partial charge on any atom is -0.471 e. The molecule has 5 heteroatoms. The van der Waals surface area contributed by atoms with E-state index >= 15 is 0 Å². The summed E-state index contributed by atoms with van der Waals surface area (Å²) in [5.41, 5.74) is 0. The fraction of sp³-hybridized carbons (Fsp3) is 0.706. The molecule has 22 heavy (non-hydrogen) atoms. The second-order valence-electron chi connectivity index (χ2n) is 6.47. The maximum atomic E-state index is 12.5. The molecule has 0 N–H and O–H groups in total. The third-order valence-electron chi connectivity index (χ3n) is 4.75. The van der Waals surface area contributed by atoms with Crippen molar-refractivity contribution in [1.29, 1.82) is 0 Å². The summed E-state index contributed by atoms with van der Waals surface area (Å²) in [4.78, 5) is 22.7. The van der Waals surface area contributed by atoms with Gasteiger partial charge in [0.1, 0.15) is 6.10 Å². The number of hydrogen-bond donors (Lipinski definition) is 0. The summed E-state index contributed by atoms with van der Waals surface area (Å²) in [6.45, 7) is 1.55. The second kappa shape index (κ2) is 7.56. The highest BCUT2D eigenvalue weighted by atomic mass is 16.5. The first-order valence-corrected chi connectivity index (χ1v) is 8.52. The summed E-state index contributed by atoms with van der Waals surface area (Å²) >= 11 is 0. The molecule has 0 spiro atoms. The van der Waals surface area contributed by atoms with E-state index in [-0.39, 0.29) is 6.10 Å². The topological polar surface area (TPSA) is 55.3 Å². The monoisotopic (exact) mass is 303 g/mol. The van der Waals surface area contributed by atoms with Gasteiger partial charge in [-0.05, 0) is 31.6 Å². The van der Waals surface area contributed by atoms with Gasteiger partial charge in [0.05, 0.1) is 12.7 Å². The molecule has 5 nitrogen and oxygen atoms in total. The fourth-order valence-corrected chi connectivity index (χ4v) is 3.55. The van der Waals surface area contributed by atoms with Crippen LogP contribution >= 0.6 is 0 Å². The number of amides is 1. The minimum absolute atomic E-state index is 0.0424. The lowest BCUT2D eigenvalue weighted by Gasteiger charge is -2.34. The number of aromatic nitrogens is 2. The Bertz CT molecular complexity index is 474. The van der Waals surface area contributed by atoms with Gasteiger partial charge in [-0.15, -0.1) is 0 Å². The Kier molecular flexibility index (Phi) is 5.24. The SMILES string of the molecule is O=C(CC1CCCCC1)N1CCCC(Oc2cnccn2)C1. The van der Waals surface area contributed by atoms with Crippen LogP contribution in [0.15, 0.2) is 18.6 Å². The molecule has 1 aromatic rings. The van der Waals surface area contributed by atoms with Gasteiger partial charge < -0.3 is 9.64 Å². The lowest BCUT2D eigenvalue weighted by Crippen LogP contribution is -2.45. The molecule has 1 aliphatic carbocycles. The molecule has 1 saturated carbocycles. The first-order valence-electron chi connectivity index (χ1n) is 8.52. The fourth-order valence-electron chi connectivity index (χ4n) is 3.55. The van der Waals surface area contributed by atoms with Gasteiger partial charge in [-0.3, -0.25) is 9.78 Å². The second-order valence-corrected chi connectivity index (χ2v) is 6.47. The lowest BCUT2D eigenvalue weighted by atomic mass is 9.86. The lowest BCUT2D eigenvalue weighted by molar-refractivity contribution is -0.135. The van der Waals surface area contributed by atoms with Crippen LogP contribution in [0.25, 0.3) is 0 Å². The van der Waals surface area contributed by atoms with Crippen molar-refractivity contribution in [3.8, 4) is 5.88 Å². The Morgan fingerprint density at radius 2 is 2.05 bits per heavy atom. The van der Waals surface area contributed by atoms with Crippen molar-refractivity contribution in [3.63, 3.8) is 0 Å². The van der Waals surface area contributed by atoms with Crippen LogP contribution in [0.3, 0.4) is 0 Å². The van der Waals surface area contributed by atoms with Gasteiger partial charge in [0.2, 0.25) is 11.8 Å². The molecule has 2 heterocycles. The van der Waals surface area contributed by atoms with Gasteiger partial charge in [-0.25, -0.2) is 4.98 Å². The van der Waals surface area contributed by atoms with Gasteiger partial charge in [-0.2, -0.15) is 0 Å². The van der Waals surface area contributed by atoms with E-state index in [0.717, 1.165) is 25.8 Å². The van der Waals surface area contributed by atoms with Gasteiger partial charge >= 0.3 is 0 Å². The molecular weight excluding hydrogens is 278 g/mol. The zero-order valence-electron chi connectivity index (χ0n) is 13.1. The van der Waals surface area contributed by atoms with Gasteiger partial charge in [0.15, 0.2) is 0 Å². The van der Waals surface area contributed by atoms with E-state index in [1.54, 1.807) is 18.6 Å². The van der Waals surface area contributed by atoms with Crippen LogP contribution in [0, 0.1) is 5.92 Å². The zero-order valence-corrected chi connectivity index (χ0v) is 13.1. The third kappa shape index (κ3) is 4.18. The molecular formula is C17H25N3O2. The summed E-state index contributed by atoms with van der Waals surface area (Å²) in [6.07, 6.45) is 14.0. The number of ether oxygens (including phenoxy) is 1. The number of piperidine rings is 1. The summed E-state index contributed by atoms with van der Waals surface area (Å²) < 4.78 is 5.86. The number of likely N-dealkylation sites (tertiary alicyclic amines) is 1. The molecule has 120 valence electrons. The molecule has 0 bridgehead atoms. The molecule has 1 unspecified atom stereocenters. The van der Waals surface area contributed by atoms with E-state index in [0.29, 0.717) is 24.2 Å². The van der Waals surface area contributed by atoms with E-state index in [9.17, 15) is 4.79 Å². The quantitative estimate of drug-likeness (QED) is 0.858. The first kappa shape index (κ1) is 15.3. The number of carbonyl (C=O) groups is 1. The highest BCUT2D eigenvalue weighted by Gasteiger charge is 2.27. The van der Waals surface area contributed by atoms with Crippen LogP contribution in [0.1, 0.15) is 51.4 Å².